The zero-order chi connectivity index (χ0) is 15.5. The number of esters is 1. The molecular formula is C17H19NO3. The number of hydrogen-bond acceptors (Lipinski definition) is 3. The third-order valence-electron chi connectivity index (χ3n) is 2.59. The second-order valence-corrected chi connectivity index (χ2v) is 4.23. The molecule has 21 heavy (non-hydrogen) atoms. The highest BCUT2D eigenvalue weighted by molar-refractivity contribution is 5.92. The van der Waals surface area contributed by atoms with Crippen LogP contribution < -0.4 is 5.73 Å². The summed E-state index contributed by atoms with van der Waals surface area (Å²) in [5, 5.41) is 0. The van der Waals surface area contributed by atoms with E-state index in [1.165, 1.54) is 0 Å². The van der Waals surface area contributed by atoms with Crippen molar-refractivity contribution in [1.29, 1.82) is 0 Å². The van der Waals surface area contributed by atoms with Gasteiger partial charge in [0, 0.05) is 12.0 Å². The van der Waals surface area contributed by atoms with Crippen LogP contribution in [-0.4, -0.2) is 11.9 Å². The standard InChI is InChI=1S/C10H12O2.C7H7NO/c1-2-10(11)12-8-9-6-4-3-5-7-9;8-7(9)6-4-2-1-3-5-6/h3-7H,2,8H2,1H3;1-5H,(H2,8,9). The van der Waals surface area contributed by atoms with Gasteiger partial charge in [-0.15, -0.1) is 0 Å². The fraction of sp³-hybridized carbons (Fsp3) is 0.176. The molecule has 4 nitrogen and oxygen atoms in total. The maximum absolute atomic E-state index is 10.8. The minimum Gasteiger partial charge on any atom is -0.461 e. The molecule has 0 radical (unpaired) electrons. The Labute approximate surface area is 124 Å². The zero-order valence-electron chi connectivity index (χ0n) is 12.0. The molecule has 1 amide bonds. The predicted molar refractivity (Wildman–Crippen MR) is 81.5 cm³/mol. The largest absolute Gasteiger partial charge is 0.461 e. The van der Waals surface area contributed by atoms with Crippen molar-refractivity contribution in [1.82, 2.24) is 0 Å². The molecule has 0 unspecified atom stereocenters. The molecule has 0 aromatic heterocycles. The Morgan fingerprint density at radius 1 is 0.952 bits per heavy atom. The summed E-state index contributed by atoms with van der Waals surface area (Å²) in [4.78, 5) is 21.2. The number of benzene rings is 2. The van der Waals surface area contributed by atoms with Gasteiger partial charge >= 0.3 is 5.97 Å². The molecule has 0 saturated carbocycles. The van der Waals surface area contributed by atoms with Crippen molar-refractivity contribution in [3.05, 3.63) is 71.8 Å². The lowest BCUT2D eigenvalue weighted by molar-refractivity contribution is -0.144. The van der Waals surface area contributed by atoms with Crippen LogP contribution in [0.2, 0.25) is 0 Å². The lowest BCUT2D eigenvalue weighted by atomic mass is 10.2. The third-order valence-corrected chi connectivity index (χ3v) is 2.59. The molecule has 0 heterocycles. The second kappa shape index (κ2) is 9.31. The molecule has 4 heteroatoms. The molecule has 2 aromatic rings. The topological polar surface area (TPSA) is 69.4 Å². The molecule has 0 atom stereocenters. The Bertz CT molecular complexity index is 553. The molecule has 110 valence electrons. The summed E-state index contributed by atoms with van der Waals surface area (Å²) in [6.07, 6.45) is 0.437. The summed E-state index contributed by atoms with van der Waals surface area (Å²) >= 11 is 0. The Kier molecular flexibility index (Phi) is 7.29. The van der Waals surface area contributed by atoms with Gasteiger partial charge in [0.15, 0.2) is 0 Å². The van der Waals surface area contributed by atoms with Crippen LogP contribution in [0.25, 0.3) is 0 Å². The van der Waals surface area contributed by atoms with E-state index in [1.807, 2.05) is 36.4 Å². The summed E-state index contributed by atoms with van der Waals surface area (Å²) in [6.45, 7) is 2.17. The summed E-state index contributed by atoms with van der Waals surface area (Å²) in [7, 11) is 0. The van der Waals surface area contributed by atoms with Crippen molar-refractivity contribution in [2.45, 2.75) is 20.0 Å². The molecular weight excluding hydrogens is 266 g/mol. The van der Waals surface area contributed by atoms with E-state index in [1.54, 1.807) is 31.2 Å². The average Bonchev–Trinajstić information content (AvgIpc) is 2.55. The molecule has 0 aliphatic heterocycles. The second-order valence-electron chi connectivity index (χ2n) is 4.23. The number of nitrogens with two attached hydrogens (primary N) is 1. The van der Waals surface area contributed by atoms with E-state index in [-0.39, 0.29) is 11.9 Å². The first kappa shape index (κ1) is 16.4. The molecule has 0 saturated heterocycles. The molecule has 2 rings (SSSR count). The van der Waals surface area contributed by atoms with Crippen molar-refractivity contribution in [3.63, 3.8) is 0 Å². The number of carbonyl (C=O) groups is 2. The van der Waals surface area contributed by atoms with Crippen LogP contribution in [0.1, 0.15) is 29.3 Å². The fourth-order valence-corrected chi connectivity index (χ4v) is 1.44. The van der Waals surface area contributed by atoms with Gasteiger partial charge < -0.3 is 10.5 Å². The molecule has 0 spiro atoms. The number of amides is 1. The number of ether oxygens (including phenoxy) is 1. The van der Waals surface area contributed by atoms with Crippen LogP contribution in [0.4, 0.5) is 0 Å². The minimum atomic E-state index is -0.379. The minimum absolute atomic E-state index is 0.154. The Morgan fingerprint density at radius 2 is 1.48 bits per heavy atom. The predicted octanol–water partition coefficient (Wildman–Crippen LogP) is 2.93. The Hall–Kier alpha value is -2.62. The van der Waals surface area contributed by atoms with Gasteiger partial charge in [-0.2, -0.15) is 0 Å². The smallest absolute Gasteiger partial charge is 0.305 e. The van der Waals surface area contributed by atoms with E-state index in [0.717, 1.165) is 5.56 Å². The first-order valence-corrected chi connectivity index (χ1v) is 6.68. The van der Waals surface area contributed by atoms with Crippen molar-refractivity contribution in [3.8, 4) is 0 Å². The van der Waals surface area contributed by atoms with E-state index >= 15 is 0 Å². The SMILES string of the molecule is CCC(=O)OCc1ccccc1.NC(=O)c1ccccc1. The number of carbonyl (C=O) groups excluding carboxylic acids is 2. The summed E-state index contributed by atoms with van der Waals surface area (Å²) in [5.41, 5.74) is 6.56. The van der Waals surface area contributed by atoms with Crippen LogP contribution in [0.5, 0.6) is 0 Å². The molecule has 0 aliphatic carbocycles. The lowest BCUT2D eigenvalue weighted by Gasteiger charge is -2.01. The third kappa shape index (κ3) is 6.92. The Balaban J connectivity index is 0.000000219. The van der Waals surface area contributed by atoms with Gasteiger partial charge in [-0.3, -0.25) is 9.59 Å². The van der Waals surface area contributed by atoms with Gasteiger partial charge in [0.2, 0.25) is 5.91 Å². The van der Waals surface area contributed by atoms with Gasteiger partial charge in [0.25, 0.3) is 0 Å². The monoisotopic (exact) mass is 285 g/mol. The molecule has 2 aromatic carbocycles. The quantitative estimate of drug-likeness (QED) is 0.878. The van der Waals surface area contributed by atoms with Gasteiger partial charge in [0.05, 0.1) is 0 Å². The normalized spacial score (nSPS) is 9.19. The summed E-state index contributed by atoms with van der Waals surface area (Å²) in [6, 6.07) is 18.4. The number of rotatable bonds is 4. The van der Waals surface area contributed by atoms with Gasteiger partial charge in [-0.1, -0.05) is 55.5 Å². The van der Waals surface area contributed by atoms with Crippen LogP contribution in [0.3, 0.4) is 0 Å². The van der Waals surface area contributed by atoms with Crippen LogP contribution in [-0.2, 0) is 16.1 Å². The van der Waals surface area contributed by atoms with Crippen LogP contribution in [0.15, 0.2) is 60.7 Å². The van der Waals surface area contributed by atoms with Crippen LogP contribution in [0, 0.1) is 0 Å². The van der Waals surface area contributed by atoms with E-state index in [0.29, 0.717) is 18.6 Å². The van der Waals surface area contributed by atoms with Gasteiger partial charge in [-0.25, -0.2) is 0 Å². The summed E-state index contributed by atoms with van der Waals surface area (Å²) in [5.74, 6) is -0.533. The van der Waals surface area contributed by atoms with E-state index in [4.69, 9.17) is 10.5 Å². The number of hydrogen-bond donors (Lipinski definition) is 1. The van der Waals surface area contributed by atoms with Crippen LogP contribution >= 0.6 is 0 Å². The summed E-state index contributed by atoms with van der Waals surface area (Å²) < 4.78 is 4.94. The first-order valence-electron chi connectivity index (χ1n) is 6.68. The van der Waals surface area contributed by atoms with E-state index < -0.39 is 0 Å². The van der Waals surface area contributed by atoms with E-state index in [9.17, 15) is 9.59 Å². The highest BCUT2D eigenvalue weighted by atomic mass is 16.5. The maximum Gasteiger partial charge on any atom is 0.305 e. The molecule has 2 N–H and O–H groups in total. The number of primary amides is 1. The fourth-order valence-electron chi connectivity index (χ4n) is 1.44. The highest BCUT2D eigenvalue weighted by Gasteiger charge is 1.97. The molecule has 0 bridgehead atoms. The maximum atomic E-state index is 10.8. The lowest BCUT2D eigenvalue weighted by Crippen LogP contribution is -2.09. The van der Waals surface area contributed by atoms with Crippen molar-refractivity contribution in [2.24, 2.45) is 5.73 Å². The van der Waals surface area contributed by atoms with Crippen molar-refractivity contribution < 1.29 is 14.3 Å². The molecule has 0 fully saturated rings. The van der Waals surface area contributed by atoms with E-state index in [2.05, 4.69) is 0 Å². The van der Waals surface area contributed by atoms with Crippen molar-refractivity contribution >= 4 is 11.9 Å². The average molecular weight is 285 g/mol. The first-order chi connectivity index (χ1) is 10.1. The van der Waals surface area contributed by atoms with Gasteiger partial charge in [0.1, 0.15) is 6.61 Å². The zero-order valence-corrected chi connectivity index (χ0v) is 12.0. The highest BCUT2D eigenvalue weighted by Crippen LogP contribution is 2.01. The molecule has 0 aliphatic rings. The van der Waals surface area contributed by atoms with Gasteiger partial charge in [-0.05, 0) is 17.7 Å². The Morgan fingerprint density at radius 3 is 1.90 bits per heavy atom. The van der Waals surface area contributed by atoms with Crippen molar-refractivity contribution in [2.75, 3.05) is 0 Å².